The van der Waals surface area contributed by atoms with E-state index in [1.165, 1.54) is 25.7 Å². The Kier molecular flexibility index (Phi) is 3.99. The Morgan fingerprint density at radius 1 is 1.25 bits per heavy atom. The van der Waals surface area contributed by atoms with Crippen LogP contribution >= 0.6 is 23.2 Å². The molecule has 20 heavy (non-hydrogen) atoms. The van der Waals surface area contributed by atoms with Crippen molar-refractivity contribution in [1.82, 2.24) is 5.43 Å². The highest BCUT2D eigenvalue weighted by Gasteiger charge is 2.54. The van der Waals surface area contributed by atoms with Crippen molar-refractivity contribution in [1.29, 1.82) is 0 Å². The van der Waals surface area contributed by atoms with Crippen LogP contribution in [0.25, 0.3) is 0 Å². The highest BCUT2D eigenvalue weighted by Crippen LogP contribution is 2.55. The molecule has 2 fully saturated rings. The molecule has 3 nitrogen and oxygen atoms in total. The van der Waals surface area contributed by atoms with Crippen LogP contribution < -0.4 is 5.43 Å². The van der Waals surface area contributed by atoms with E-state index in [9.17, 15) is 4.79 Å². The minimum absolute atomic E-state index is 0.0447. The zero-order valence-electron chi connectivity index (χ0n) is 11.0. The van der Waals surface area contributed by atoms with Crippen LogP contribution in [-0.2, 0) is 4.79 Å². The van der Waals surface area contributed by atoms with Gasteiger partial charge in [0.05, 0.1) is 11.2 Å². The normalized spacial score (nSPS) is 28.2. The van der Waals surface area contributed by atoms with Crippen molar-refractivity contribution in [2.45, 2.75) is 25.7 Å². The zero-order valence-corrected chi connectivity index (χ0v) is 12.5. The van der Waals surface area contributed by atoms with Crippen molar-refractivity contribution in [3.8, 4) is 0 Å². The van der Waals surface area contributed by atoms with E-state index in [4.69, 9.17) is 23.2 Å². The Balaban J connectivity index is 1.56. The highest BCUT2D eigenvalue weighted by molar-refractivity contribution is 6.36. The molecule has 2 saturated carbocycles. The van der Waals surface area contributed by atoms with Crippen molar-refractivity contribution in [3.05, 3.63) is 33.8 Å². The summed E-state index contributed by atoms with van der Waals surface area (Å²) in [5.74, 6) is 1.41. The van der Waals surface area contributed by atoms with E-state index in [-0.39, 0.29) is 11.8 Å². The number of nitrogens with one attached hydrogen (secondary N) is 1. The standard InChI is InChI=1S/C15H16Cl2N2O/c16-10-6-5-9(13(17)7-10)8-18-19-15(20)14-11-3-1-2-4-12(11)14/h5-8,11-12,14H,1-4H2,(H,19,20)/b18-8-/t11-,12-/m1/s1. The molecule has 1 aromatic rings. The van der Waals surface area contributed by atoms with Gasteiger partial charge >= 0.3 is 0 Å². The molecule has 2 aliphatic rings. The molecule has 0 bridgehead atoms. The predicted molar refractivity (Wildman–Crippen MR) is 81.1 cm³/mol. The molecule has 3 rings (SSSR count). The van der Waals surface area contributed by atoms with Crippen LogP contribution in [0.5, 0.6) is 0 Å². The Labute approximate surface area is 128 Å². The van der Waals surface area contributed by atoms with Crippen LogP contribution in [0.2, 0.25) is 10.0 Å². The van der Waals surface area contributed by atoms with Crippen LogP contribution in [-0.4, -0.2) is 12.1 Å². The molecule has 106 valence electrons. The number of halogens is 2. The van der Waals surface area contributed by atoms with Gasteiger partial charge in [0, 0.05) is 16.5 Å². The van der Waals surface area contributed by atoms with Crippen molar-refractivity contribution in [2.75, 3.05) is 0 Å². The van der Waals surface area contributed by atoms with Crippen molar-refractivity contribution in [2.24, 2.45) is 22.9 Å². The smallest absolute Gasteiger partial charge is 0.243 e. The molecule has 0 aromatic heterocycles. The van der Waals surface area contributed by atoms with Crippen LogP contribution in [0.3, 0.4) is 0 Å². The van der Waals surface area contributed by atoms with Crippen molar-refractivity contribution < 1.29 is 4.79 Å². The van der Waals surface area contributed by atoms with E-state index in [0.29, 0.717) is 21.9 Å². The van der Waals surface area contributed by atoms with Crippen LogP contribution in [0.1, 0.15) is 31.2 Å². The topological polar surface area (TPSA) is 41.5 Å². The van der Waals surface area contributed by atoms with E-state index in [2.05, 4.69) is 10.5 Å². The summed E-state index contributed by atoms with van der Waals surface area (Å²) in [5, 5.41) is 5.10. The van der Waals surface area contributed by atoms with Gasteiger partial charge in [0.25, 0.3) is 0 Å². The fourth-order valence-electron chi connectivity index (χ4n) is 3.23. The van der Waals surface area contributed by atoms with Gasteiger partial charge in [-0.2, -0.15) is 5.10 Å². The number of carbonyl (C=O) groups is 1. The SMILES string of the molecule is O=C(N/N=C\c1ccc(Cl)cc1Cl)C1[C@@H]2CCCC[C@@H]12. The average molecular weight is 311 g/mol. The maximum absolute atomic E-state index is 12.0. The van der Waals surface area contributed by atoms with Crippen LogP contribution in [0.4, 0.5) is 0 Å². The minimum Gasteiger partial charge on any atom is -0.273 e. The second kappa shape index (κ2) is 5.74. The van der Waals surface area contributed by atoms with E-state index in [0.717, 1.165) is 5.56 Å². The number of hydrogen-bond donors (Lipinski definition) is 1. The maximum Gasteiger partial charge on any atom is 0.243 e. The summed E-state index contributed by atoms with van der Waals surface area (Å²) in [4.78, 5) is 12.0. The Morgan fingerprint density at radius 3 is 2.60 bits per heavy atom. The van der Waals surface area contributed by atoms with Gasteiger partial charge in [-0.3, -0.25) is 4.79 Å². The minimum atomic E-state index is 0.0447. The van der Waals surface area contributed by atoms with E-state index < -0.39 is 0 Å². The number of fused-ring (bicyclic) bond motifs is 1. The number of amides is 1. The number of carbonyl (C=O) groups excluding carboxylic acids is 1. The lowest BCUT2D eigenvalue weighted by Crippen LogP contribution is -2.20. The lowest BCUT2D eigenvalue weighted by molar-refractivity contribution is -0.122. The zero-order chi connectivity index (χ0) is 14.1. The third kappa shape index (κ3) is 2.84. The summed E-state index contributed by atoms with van der Waals surface area (Å²) in [6.45, 7) is 0. The first kappa shape index (κ1) is 13.9. The van der Waals surface area contributed by atoms with Crippen LogP contribution in [0.15, 0.2) is 23.3 Å². The molecule has 0 unspecified atom stereocenters. The summed E-state index contributed by atoms with van der Waals surface area (Å²) >= 11 is 11.9. The summed E-state index contributed by atoms with van der Waals surface area (Å²) < 4.78 is 0. The van der Waals surface area contributed by atoms with Gasteiger partial charge in [-0.15, -0.1) is 0 Å². The van der Waals surface area contributed by atoms with Gasteiger partial charge < -0.3 is 0 Å². The lowest BCUT2D eigenvalue weighted by Gasteiger charge is -2.04. The molecule has 2 atom stereocenters. The van der Waals surface area contributed by atoms with E-state index in [1.807, 2.05) is 0 Å². The fourth-order valence-corrected chi connectivity index (χ4v) is 3.68. The van der Waals surface area contributed by atoms with E-state index >= 15 is 0 Å². The number of rotatable bonds is 3. The molecule has 1 N–H and O–H groups in total. The maximum atomic E-state index is 12.0. The summed E-state index contributed by atoms with van der Waals surface area (Å²) in [7, 11) is 0. The molecule has 2 aliphatic carbocycles. The van der Waals surface area contributed by atoms with E-state index in [1.54, 1.807) is 24.4 Å². The molecule has 0 heterocycles. The molecule has 0 aliphatic heterocycles. The van der Waals surface area contributed by atoms with Gasteiger partial charge in [-0.1, -0.05) is 42.1 Å². The molecule has 5 heteroatoms. The summed E-state index contributed by atoms with van der Waals surface area (Å²) in [6, 6.07) is 5.17. The van der Waals surface area contributed by atoms with Gasteiger partial charge in [0.15, 0.2) is 0 Å². The third-order valence-electron chi connectivity index (χ3n) is 4.30. The molecular weight excluding hydrogens is 295 g/mol. The number of nitrogens with zero attached hydrogens (tertiary/aromatic N) is 1. The Hall–Kier alpha value is -1.06. The molecular formula is C15H16Cl2N2O. The second-order valence-corrected chi connectivity index (χ2v) is 6.38. The largest absolute Gasteiger partial charge is 0.273 e. The molecule has 1 amide bonds. The molecule has 1 aromatic carbocycles. The summed E-state index contributed by atoms with van der Waals surface area (Å²) in [6.07, 6.45) is 6.46. The van der Waals surface area contributed by atoms with Gasteiger partial charge in [-0.05, 0) is 36.8 Å². The van der Waals surface area contributed by atoms with Crippen LogP contribution in [0, 0.1) is 17.8 Å². The van der Waals surface area contributed by atoms with Gasteiger partial charge in [-0.25, -0.2) is 5.43 Å². The fraction of sp³-hybridized carbons (Fsp3) is 0.467. The number of hydrazone groups is 1. The second-order valence-electron chi connectivity index (χ2n) is 5.54. The Morgan fingerprint density at radius 2 is 1.95 bits per heavy atom. The number of benzene rings is 1. The molecule has 0 saturated heterocycles. The van der Waals surface area contributed by atoms with Crippen molar-refractivity contribution in [3.63, 3.8) is 0 Å². The number of hydrogen-bond acceptors (Lipinski definition) is 2. The Bertz CT molecular complexity index is 547. The average Bonchev–Trinajstić information content (AvgIpc) is 3.15. The first-order valence-corrected chi connectivity index (χ1v) is 7.70. The monoisotopic (exact) mass is 310 g/mol. The molecule has 0 radical (unpaired) electrons. The predicted octanol–water partition coefficient (Wildman–Crippen LogP) is 3.88. The first-order valence-electron chi connectivity index (χ1n) is 6.95. The quantitative estimate of drug-likeness (QED) is 0.668. The molecule has 0 spiro atoms. The highest BCUT2D eigenvalue weighted by atomic mass is 35.5. The third-order valence-corrected chi connectivity index (χ3v) is 4.86. The first-order chi connectivity index (χ1) is 9.66. The summed E-state index contributed by atoms with van der Waals surface area (Å²) in [5.41, 5.74) is 3.37. The lowest BCUT2D eigenvalue weighted by atomic mass is 10.0. The van der Waals surface area contributed by atoms with Crippen molar-refractivity contribution >= 4 is 35.3 Å². The van der Waals surface area contributed by atoms with Gasteiger partial charge in [0.2, 0.25) is 5.91 Å². The van der Waals surface area contributed by atoms with Gasteiger partial charge in [0.1, 0.15) is 0 Å².